The van der Waals surface area contributed by atoms with Crippen LogP contribution in [-0.4, -0.2) is 10.9 Å². The Hall–Kier alpha value is -1.89. The summed E-state index contributed by atoms with van der Waals surface area (Å²) in [7, 11) is 0. The van der Waals surface area contributed by atoms with Crippen LogP contribution in [0.3, 0.4) is 0 Å². The van der Waals surface area contributed by atoms with Crippen LogP contribution in [0.4, 0.5) is 18.9 Å². The fraction of sp³-hybridized carbons (Fsp3) is 0.0769. The number of rotatable bonds is 2. The molecule has 0 bridgehead atoms. The van der Waals surface area contributed by atoms with Crippen molar-refractivity contribution >= 4 is 27.5 Å². The van der Waals surface area contributed by atoms with Crippen LogP contribution in [0.15, 0.2) is 47.1 Å². The first-order chi connectivity index (χ1) is 9.36. The van der Waals surface area contributed by atoms with Gasteiger partial charge in [0.25, 0.3) is 5.91 Å². The lowest BCUT2D eigenvalue weighted by Gasteiger charge is -2.08. The fourth-order valence-electron chi connectivity index (χ4n) is 1.47. The van der Waals surface area contributed by atoms with E-state index in [-0.39, 0.29) is 5.69 Å². The lowest BCUT2D eigenvalue weighted by Crippen LogP contribution is -2.13. The van der Waals surface area contributed by atoms with Crippen molar-refractivity contribution in [1.29, 1.82) is 0 Å². The summed E-state index contributed by atoms with van der Waals surface area (Å²) in [5, 5.41) is 2.47. The van der Waals surface area contributed by atoms with Gasteiger partial charge >= 0.3 is 6.18 Å². The summed E-state index contributed by atoms with van der Waals surface area (Å²) >= 11 is 3.23. The van der Waals surface area contributed by atoms with Crippen molar-refractivity contribution < 1.29 is 18.0 Å². The van der Waals surface area contributed by atoms with Crippen molar-refractivity contribution in [3.05, 3.63) is 58.3 Å². The second-order valence-corrected chi connectivity index (χ2v) is 4.81. The van der Waals surface area contributed by atoms with E-state index in [1.807, 2.05) is 0 Å². The average Bonchev–Trinajstić information content (AvgIpc) is 2.38. The third-order valence-corrected chi connectivity index (χ3v) is 2.89. The van der Waals surface area contributed by atoms with Gasteiger partial charge in [0.2, 0.25) is 0 Å². The van der Waals surface area contributed by atoms with Gasteiger partial charge in [-0.2, -0.15) is 13.2 Å². The number of benzene rings is 1. The SMILES string of the molecule is O=C(Nc1ccc(C(F)(F)F)nc1)c1cccc(Br)c1. The summed E-state index contributed by atoms with van der Waals surface area (Å²) in [4.78, 5) is 15.1. The van der Waals surface area contributed by atoms with Crippen LogP contribution in [0.5, 0.6) is 0 Å². The largest absolute Gasteiger partial charge is 0.433 e. The minimum absolute atomic E-state index is 0.197. The van der Waals surface area contributed by atoms with Crippen molar-refractivity contribution in [3.63, 3.8) is 0 Å². The van der Waals surface area contributed by atoms with E-state index in [9.17, 15) is 18.0 Å². The topological polar surface area (TPSA) is 42.0 Å². The van der Waals surface area contributed by atoms with Gasteiger partial charge in [-0.3, -0.25) is 4.79 Å². The van der Waals surface area contributed by atoms with Crippen LogP contribution in [0.1, 0.15) is 16.1 Å². The van der Waals surface area contributed by atoms with Crippen LogP contribution in [0, 0.1) is 0 Å². The molecule has 0 spiro atoms. The van der Waals surface area contributed by atoms with E-state index >= 15 is 0 Å². The van der Waals surface area contributed by atoms with E-state index in [2.05, 4.69) is 26.2 Å². The van der Waals surface area contributed by atoms with Crippen molar-refractivity contribution in [1.82, 2.24) is 4.98 Å². The third-order valence-electron chi connectivity index (χ3n) is 2.40. The quantitative estimate of drug-likeness (QED) is 0.890. The lowest BCUT2D eigenvalue weighted by atomic mass is 10.2. The highest BCUT2D eigenvalue weighted by atomic mass is 79.9. The highest BCUT2D eigenvalue weighted by Gasteiger charge is 2.32. The Morgan fingerprint density at radius 3 is 2.50 bits per heavy atom. The molecule has 0 aliphatic carbocycles. The minimum atomic E-state index is -4.49. The number of carbonyl (C=O) groups is 1. The van der Waals surface area contributed by atoms with Crippen molar-refractivity contribution in [3.8, 4) is 0 Å². The van der Waals surface area contributed by atoms with E-state index in [0.29, 0.717) is 5.56 Å². The standard InChI is InChI=1S/C13H8BrF3N2O/c14-9-3-1-2-8(6-9)12(20)19-10-4-5-11(18-7-10)13(15,16)17/h1-7H,(H,19,20). The molecule has 0 radical (unpaired) electrons. The van der Waals surface area contributed by atoms with Gasteiger partial charge in [-0.05, 0) is 30.3 Å². The van der Waals surface area contributed by atoms with Crippen molar-refractivity contribution in [2.75, 3.05) is 5.32 Å². The molecule has 7 heteroatoms. The number of hydrogen-bond donors (Lipinski definition) is 1. The Morgan fingerprint density at radius 1 is 1.20 bits per heavy atom. The highest BCUT2D eigenvalue weighted by molar-refractivity contribution is 9.10. The number of anilines is 1. The molecule has 1 aromatic carbocycles. The maximum Gasteiger partial charge on any atom is 0.433 e. The number of nitrogens with zero attached hydrogens (tertiary/aromatic N) is 1. The number of amides is 1. The summed E-state index contributed by atoms with van der Waals surface area (Å²) in [6.45, 7) is 0. The Morgan fingerprint density at radius 2 is 1.95 bits per heavy atom. The van der Waals surface area contributed by atoms with Gasteiger partial charge in [0.15, 0.2) is 0 Å². The monoisotopic (exact) mass is 344 g/mol. The predicted molar refractivity (Wildman–Crippen MR) is 71.3 cm³/mol. The molecule has 1 heterocycles. The molecule has 0 saturated carbocycles. The molecule has 1 amide bonds. The molecule has 104 valence electrons. The van der Waals surface area contributed by atoms with Gasteiger partial charge in [-0.1, -0.05) is 22.0 Å². The summed E-state index contributed by atoms with van der Waals surface area (Å²) in [5.41, 5.74) is -0.416. The number of aromatic nitrogens is 1. The zero-order valence-electron chi connectivity index (χ0n) is 9.91. The number of hydrogen-bond acceptors (Lipinski definition) is 2. The second kappa shape index (κ2) is 5.62. The molecule has 3 nitrogen and oxygen atoms in total. The molecule has 0 unspecified atom stereocenters. The van der Waals surface area contributed by atoms with Crippen LogP contribution < -0.4 is 5.32 Å². The number of halogens is 4. The number of pyridine rings is 1. The van der Waals surface area contributed by atoms with E-state index in [1.165, 1.54) is 0 Å². The molecule has 0 saturated heterocycles. The van der Waals surface area contributed by atoms with Gasteiger partial charge in [0.05, 0.1) is 11.9 Å². The minimum Gasteiger partial charge on any atom is -0.321 e. The first-order valence-electron chi connectivity index (χ1n) is 5.46. The number of carbonyl (C=O) groups excluding carboxylic acids is 1. The number of nitrogens with one attached hydrogen (secondary N) is 1. The van der Waals surface area contributed by atoms with Gasteiger partial charge in [0, 0.05) is 10.0 Å². The summed E-state index contributed by atoms with van der Waals surface area (Å²) in [5.74, 6) is -0.423. The van der Waals surface area contributed by atoms with Crippen molar-refractivity contribution in [2.45, 2.75) is 6.18 Å². The zero-order valence-corrected chi connectivity index (χ0v) is 11.5. The molecule has 1 aromatic heterocycles. The Kier molecular flexibility index (Phi) is 4.08. The predicted octanol–water partition coefficient (Wildman–Crippen LogP) is 4.12. The van der Waals surface area contributed by atoms with E-state index in [4.69, 9.17) is 0 Å². The van der Waals surface area contributed by atoms with E-state index in [1.54, 1.807) is 24.3 Å². The summed E-state index contributed by atoms with van der Waals surface area (Å²) in [6, 6.07) is 8.62. The molecule has 1 N–H and O–H groups in total. The molecule has 2 rings (SSSR count). The fourth-order valence-corrected chi connectivity index (χ4v) is 1.87. The Bertz CT molecular complexity index is 626. The van der Waals surface area contributed by atoms with Crippen LogP contribution in [0.2, 0.25) is 0 Å². The van der Waals surface area contributed by atoms with Crippen LogP contribution in [-0.2, 0) is 6.18 Å². The molecule has 0 atom stereocenters. The van der Waals surface area contributed by atoms with Crippen molar-refractivity contribution in [2.24, 2.45) is 0 Å². The van der Waals surface area contributed by atoms with Gasteiger partial charge < -0.3 is 5.32 Å². The first-order valence-corrected chi connectivity index (χ1v) is 6.26. The van der Waals surface area contributed by atoms with Gasteiger partial charge in [-0.15, -0.1) is 0 Å². The smallest absolute Gasteiger partial charge is 0.321 e. The molecular weight excluding hydrogens is 337 g/mol. The van der Waals surface area contributed by atoms with E-state index < -0.39 is 17.8 Å². The van der Waals surface area contributed by atoms with E-state index in [0.717, 1.165) is 22.8 Å². The average molecular weight is 345 g/mol. The third kappa shape index (κ3) is 3.57. The maximum atomic E-state index is 12.3. The number of alkyl halides is 3. The molecule has 0 aliphatic heterocycles. The second-order valence-electron chi connectivity index (χ2n) is 3.89. The zero-order chi connectivity index (χ0) is 14.8. The maximum absolute atomic E-state index is 12.3. The lowest BCUT2D eigenvalue weighted by molar-refractivity contribution is -0.141. The van der Waals surface area contributed by atoms with Gasteiger partial charge in [-0.25, -0.2) is 4.98 Å². The molecule has 2 aromatic rings. The normalized spacial score (nSPS) is 11.2. The summed E-state index contributed by atoms with van der Waals surface area (Å²) in [6.07, 6.45) is -3.52. The molecule has 0 aliphatic rings. The molecule has 0 fully saturated rings. The van der Waals surface area contributed by atoms with Crippen LogP contribution in [0.25, 0.3) is 0 Å². The molecule has 20 heavy (non-hydrogen) atoms. The Balaban J connectivity index is 2.12. The highest BCUT2D eigenvalue weighted by Crippen LogP contribution is 2.27. The van der Waals surface area contributed by atoms with Crippen LogP contribution >= 0.6 is 15.9 Å². The van der Waals surface area contributed by atoms with Gasteiger partial charge in [0.1, 0.15) is 5.69 Å². The molecular formula is C13H8BrF3N2O. The Labute approximate surface area is 121 Å². The first kappa shape index (κ1) is 14.5. The summed E-state index contributed by atoms with van der Waals surface area (Å²) < 4.78 is 37.7.